The summed E-state index contributed by atoms with van der Waals surface area (Å²) in [6.45, 7) is 0.265. The quantitative estimate of drug-likeness (QED) is 0.797. The highest BCUT2D eigenvalue weighted by Gasteiger charge is 2.34. The van der Waals surface area contributed by atoms with E-state index >= 15 is 0 Å². The summed E-state index contributed by atoms with van der Waals surface area (Å²) >= 11 is 0. The molecule has 0 unspecified atom stereocenters. The van der Waals surface area contributed by atoms with Crippen molar-refractivity contribution in [3.05, 3.63) is 18.2 Å². The Morgan fingerprint density at radius 3 is 2.43 bits per heavy atom. The van der Waals surface area contributed by atoms with Gasteiger partial charge in [0.2, 0.25) is 5.91 Å². The summed E-state index contributed by atoms with van der Waals surface area (Å²) in [6.07, 6.45) is 0.113. The van der Waals surface area contributed by atoms with Gasteiger partial charge in [-0.1, -0.05) is 0 Å². The number of methoxy groups -OCH3 is 2. The predicted molar refractivity (Wildman–Crippen MR) is 86.0 cm³/mol. The maximum absolute atomic E-state index is 12.2. The molecule has 1 fully saturated rings. The second-order valence-electron chi connectivity index (χ2n) is 5.35. The monoisotopic (exact) mass is 343 g/mol. The van der Waals surface area contributed by atoms with E-state index in [0.717, 1.165) is 4.31 Å². The lowest BCUT2D eigenvalue weighted by Crippen LogP contribution is -2.43. The third-order valence-electron chi connectivity index (χ3n) is 3.60. The van der Waals surface area contributed by atoms with Crippen LogP contribution in [0, 0.1) is 0 Å². The van der Waals surface area contributed by atoms with E-state index in [1.54, 1.807) is 18.2 Å². The maximum Gasteiger partial charge on any atom is 0.279 e. The van der Waals surface area contributed by atoms with Gasteiger partial charge in [-0.05, 0) is 12.1 Å². The zero-order valence-electron chi connectivity index (χ0n) is 13.6. The van der Waals surface area contributed by atoms with E-state index in [2.05, 4.69) is 4.72 Å². The van der Waals surface area contributed by atoms with Gasteiger partial charge in [0.25, 0.3) is 10.2 Å². The minimum Gasteiger partial charge on any atom is -0.493 e. The normalized spacial score (nSPS) is 18.6. The fourth-order valence-electron chi connectivity index (χ4n) is 2.34. The largest absolute Gasteiger partial charge is 0.493 e. The number of hydrogen-bond donors (Lipinski definition) is 1. The van der Waals surface area contributed by atoms with Crippen LogP contribution in [0.25, 0.3) is 0 Å². The van der Waals surface area contributed by atoms with Crippen LogP contribution in [0.4, 0.5) is 5.69 Å². The van der Waals surface area contributed by atoms with Gasteiger partial charge in [0.15, 0.2) is 11.5 Å². The van der Waals surface area contributed by atoms with Crippen molar-refractivity contribution in [2.45, 2.75) is 12.5 Å². The van der Waals surface area contributed by atoms with Gasteiger partial charge in [0.1, 0.15) is 0 Å². The smallest absolute Gasteiger partial charge is 0.279 e. The van der Waals surface area contributed by atoms with Crippen LogP contribution in [0.1, 0.15) is 6.42 Å². The lowest BCUT2D eigenvalue weighted by molar-refractivity contribution is -0.117. The molecular weight excluding hydrogens is 322 g/mol. The van der Waals surface area contributed by atoms with Crippen LogP contribution in [0.2, 0.25) is 0 Å². The molecule has 1 heterocycles. The summed E-state index contributed by atoms with van der Waals surface area (Å²) < 4.78 is 37.7. The van der Waals surface area contributed by atoms with E-state index in [1.165, 1.54) is 33.2 Å². The van der Waals surface area contributed by atoms with Gasteiger partial charge in [-0.15, -0.1) is 0 Å². The van der Waals surface area contributed by atoms with Crippen LogP contribution < -0.4 is 19.1 Å². The Kier molecular flexibility index (Phi) is 5.12. The van der Waals surface area contributed by atoms with Crippen LogP contribution in [0.5, 0.6) is 11.5 Å². The van der Waals surface area contributed by atoms with E-state index in [-0.39, 0.29) is 18.9 Å². The molecule has 128 valence electrons. The number of carbonyl (C=O) groups excluding carboxylic acids is 1. The molecule has 1 saturated heterocycles. The summed E-state index contributed by atoms with van der Waals surface area (Å²) in [5, 5.41) is 0. The number of nitrogens with one attached hydrogen (secondary N) is 1. The molecule has 0 aromatic heterocycles. The summed E-state index contributed by atoms with van der Waals surface area (Å²) in [5.41, 5.74) is 0.638. The van der Waals surface area contributed by atoms with Crippen molar-refractivity contribution in [2.24, 2.45) is 0 Å². The van der Waals surface area contributed by atoms with Gasteiger partial charge in [-0.2, -0.15) is 17.4 Å². The highest BCUT2D eigenvalue weighted by molar-refractivity contribution is 7.87. The molecule has 23 heavy (non-hydrogen) atoms. The number of benzene rings is 1. The fraction of sp³-hybridized carbons (Fsp3) is 0.500. The Morgan fingerprint density at radius 1 is 1.22 bits per heavy atom. The first-order chi connectivity index (χ1) is 10.8. The van der Waals surface area contributed by atoms with Crippen molar-refractivity contribution in [1.82, 2.24) is 9.03 Å². The van der Waals surface area contributed by atoms with Crippen molar-refractivity contribution in [3.63, 3.8) is 0 Å². The first-order valence-corrected chi connectivity index (χ1v) is 8.44. The van der Waals surface area contributed by atoms with Crippen LogP contribution in [-0.2, 0) is 15.0 Å². The molecule has 0 saturated carbocycles. The van der Waals surface area contributed by atoms with Crippen LogP contribution in [0.15, 0.2) is 18.2 Å². The topological polar surface area (TPSA) is 88.2 Å². The van der Waals surface area contributed by atoms with E-state index in [0.29, 0.717) is 17.2 Å². The first-order valence-electron chi connectivity index (χ1n) is 7.00. The Bertz CT molecular complexity index is 690. The second kappa shape index (κ2) is 6.73. The Morgan fingerprint density at radius 2 is 1.87 bits per heavy atom. The summed E-state index contributed by atoms with van der Waals surface area (Å²) in [6, 6.07) is 4.67. The molecule has 0 aliphatic carbocycles. The molecule has 1 atom stereocenters. The van der Waals surface area contributed by atoms with Gasteiger partial charge in [0, 0.05) is 44.9 Å². The molecule has 1 amide bonds. The molecule has 0 spiro atoms. The maximum atomic E-state index is 12.2. The molecule has 1 aromatic carbocycles. The Hall–Kier alpha value is -1.84. The lowest BCUT2D eigenvalue weighted by Gasteiger charge is -2.20. The van der Waals surface area contributed by atoms with Gasteiger partial charge in [-0.3, -0.25) is 4.79 Å². The average molecular weight is 343 g/mol. The Labute approximate surface area is 136 Å². The van der Waals surface area contributed by atoms with Crippen molar-refractivity contribution in [3.8, 4) is 11.5 Å². The number of anilines is 1. The Balaban J connectivity index is 2.18. The highest BCUT2D eigenvalue weighted by Crippen LogP contribution is 2.33. The molecule has 9 heteroatoms. The van der Waals surface area contributed by atoms with Gasteiger partial charge >= 0.3 is 0 Å². The van der Waals surface area contributed by atoms with E-state index < -0.39 is 16.3 Å². The number of nitrogens with zero attached hydrogens (tertiary/aromatic N) is 2. The SMILES string of the molecule is COc1ccc(N2C[C@@H](NS(=O)(=O)N(C)C)CC2=O)cc1OC. The third-order valence-corrected chi connectivity index (χ3v) is 5.19. The minimum atomic E-state index is -3.57. The van der Waals surface area contributed by atoms with E-state index in [1.807, 2.05) is 0 Å². The molecule has 1 aliphatic heterocycles. The zero-order chi connectivity index (χ0) is 17.2. The highest BCUT2D eigenvalue weighted by atomic mass is 32.2. The molecule has 0 radical (unpaired) electrons. The van der Waals surface area contributed by atoms with E-state index in [4.69, 9.17) is 9.47 Å². The molecule has 0 bridgehead atoms. The van der Waals surface area contributed by atoms with Crippen molar-refractivity contribution >= 4 is 21.8 Å². The average Bonchev–Trinajstić information content (AvgIpc) is 2.86. The summed E-state index contributed by atoms with van der Waals surface area (Å²) in [7, 11) is 2.34. The molecule has 1 aromatic rings. The first kappa shape index (κ1) is 17.5. The van der Waals surface area contributed by atoms with Crippen molar-refractivity contribution in [1.29, 1.82) is 0 Å². The summed E-state index contributed by atoms with van der Waals surface area (Å²) in [4.78, 5) is 13.7. The summed E-state index contributed by atoms with van der Waals surface area (Å²) in [5.74, 6) is 0.923. The molecule has 8 nitrogen and oxygen atoms in total. The molecular formula is C14H21N3O5S. The fourth-order valence-corrected chi connectivity index (χ4v) is 3.13. The second-order valence-corrected chi connectivity index (χ2v) is 7.27. The van der Waals surface area contributed by atoms with Crippen LogP contribution in [-0.4, -0.2) is 59.5 Å². The van der Waals surface area contributed by atoms with Crippen molar-refractivity contribution < 1.29 is 22.7 Å². The van der Waals surface area contributed by atoms with Crippen LogP contribution in [0.3, 0.4) is 0 Å². The molecule has 2 rings (SSSR count). The minimum absolute atomic E-state index is 0.113. The van der Waals surface area contributed by atoms with E-state index in [9.17, 15) is 13.2 Å². The van der Waals surface area contributed by atoms with Gasteiger partial charge < -0.3 is 14.4 Å². The number of carbonyl (C=O) groups is 1. The number of amides is 1. The lowest BCUT2D eigenvalue weighted by atomic mass is 10.2. The van der Waals surface area contributed by atoms with Crippen LogP contribution >= 0.6 is 0 Å². The van der Waals surface area contributed by atoms with Gasteiger partial charge in [-0.25, -0.2) is 0 Å². The predicted octanol–water partition coefficient (Wildman–Crippen LogP) is 0.205. The number of ether oxygens (including phenoxy) is 2. The van der Waals surface area contributed by atoms with Gasteiger partial charge in [0.05, 0.1) is 14.2 Å². The molecule has 1 N–H and O–H groups in total. The zero-order valence-corrected chi connectivity index (χ0v) is 14.4. The number of rotatable bonds is 6. The third kappa shape index (κ3) is 3.74. The van der Waals surface area contributed by atoms with Crippen molar-refractivity contribution in [2.75, 3.05) is 39.8 Å². The standard InChI is InChI=1S/C14H21N3O5S/c1-16(2)23(19,20)15-10-7-14(18)17(9-10)11-5-6-12(21-3)13(8-11)22-4/h5-6,8,10,15H,7,9H2,1-4H3/t10-/m0/s1. The number of hydrogen-bond acceptors (Lipinski definition) is 5. The molecule has 1 aliphatic rings.